The minimum Gasteiger partial charge on any atom is -0.477 e. The van der Waals surface area contributed by atoms with Gasteiger partial charge in [-0.15, -0.1) is 0 Å². The van der Waals surface area contributed by atoms with Gasteiger partial charge >= 0.3 is 5.97 Å². The lowest BCUT2D eigenvalue weighted by Gasteiger charge is -2.30. The highest BCUT2D eigenvalue weighted by Gasteiger charge is 2.23. The molecule has 5 nitrogen and oxygen atoms in total. The van der Waals surface area contributed by atoms with Crippen molar-refractivity contribution in [3.8, 4) is 0 Å². The Labute approximate surface area is 127 Å². The number of carboxylic acid groups (broad SMARTS) is 1. The van der Waals surface area contributed by atoms with Gasteiger partial charge in [-0.2, -0.15) is 0 Å². The van der Waals surface area contributed by atoms with E-state index in [1.807, 2.05) is 0 Å². The summed E-state index contributed by atoms with van der Waals surface area (Å²) in [5, 5.41) is 12.0. The van der Waals surface area contributed by atoms with Crippen LogP contribution in [-0.4, -0.2) is 42.7 Å². The van der Waals surface area contributed by atoms with Crippen molar-refractivity contribution < 1.29 is 19.4 Å². The molecule has 21 heavy (non-hydrogen) atoms. The molecule has 0 amide bonds. The van der Waals surface area contributed by atoms with Gasteiger partial charge in [0.05, 0.1) is 13.2 Å². The Balaban J connectivity index is 0.000000173. The maximum Gasteiger partial charge on any atom is 0.361 e. The summed E-state index contributed by atoms with van der Waals surface area (Å²) in [5.41, 5.74) is 0. The van der Waals surface area contributed by atoms with Crippen LogP contribution >= 0.6 is 0 Å². The van der Waals surface area contributed by atoms with E-state index in [-0.39, 0.29) is 0 Å². The van der Waals surface area contributed by atoms with E-state index in [1.54, 1.807) is 0 Å². The van der Waals surface area contributed by atoms with Crippen molar-refractivity contribution in [2.75, 3.05) is 13.2 Å². The molecule has 0 aromatic heterocycles. The SMILES string of the molecule is C1CCC(NC2CCCCC2)CC1.O=C(O)C1OCCO1. The average Bonchev–Trinajstić information content (AvgIpc) is 3.05. The molecule has 0 aromatic carbocycles. The molecule has 0 atom stereocenters. The van der Waals surface area contributed by atoms with E-state index in [1.165, 1.54) is 64.2 Å². The maximum atomic E-state index is 9.95. The van der Waals surface area contributed by atoms with Crippen LogP contribution < -0.4 is 5.32 Å². The molecule has 1 heterocycles. The third-order valence-electron chi connectivity index (χ3n) is 4.51. The summed E-state index contributed by atoms with van der Waals surface area (Å²) < 4.78 is 9.19. The number of carboxylic acids is 1. The minimum atomic E-state index is -1.05. The Hall–Kier alpha value is -0.650. The van der Waals surface area contributed by atoms with Crippen LogP contribution in [0, 0.1) is 0 Å². The van der Waals surface area contributed by atoms with Gasteiger partial charge in [-0.1, -0.05) is 38.5 Å². The highest BCUT2D eigenvalue weighted by atomic mass is 16.7. The molecule has 3 rings (SSSR count). The average molecular weight is 299 g/mol. The molecule has 3 aliphatic rings. The molecule has 0 radical (unpaired) electrons. The van der Waals surface area contributed by atoms with Gasteiger partial charge in [0.15, 0.2) is 0 Å². The van der Waals surface area contributed by atoms with Gasteiger partial charge < -0.3 is 19.9 Å². The molecule has 2 N–H and O–H groups in total. The molecule has 0 bridgehead atoms. The van der Waals surface area contributed by atoms with Crippen molar-refractivity contribution in [3.05, 3.63) is 0 Å². The van der Waals surface area contributed by atoms with Gasteiger partial charge in [0.2, 0.25) is 0 Å². The summed E-state index contributed by atoms with van der Waals surface area (Å²) in [4.78, 5) is 9.95. The van der Waals surface area contributed by atoms with Gasteiger partial charge in [-0.05, 0) is 25.7 Å². The number of ether oxygens (including phenoxy) is 2. The van der Waals surface area contributed by atoms with Crippen LogP contribution in [0.4, 0.5) is 0 Å². The second-order valence-electron chi connectivity index (χ2n) is 6.25. The van der Waals surface area contributed by atoms with E-state index in [2.05, 4.69) is 14.8 Å². The van der Waals surface area contributed by atoms with Gasteiger partial charge in [0.1, 0.15) is 0 Å². The first-order chi connectivity index (χ1) is 10.3. The summed E-state index contributed by atoms with van der Waals surface area (Å²) in [5.74, 6) is -1.05. The van der Waals surface area contributed by atoms with Crippen molar-refractivity contribution in [2.45, 2.75) is 82.6 Å². The van der Waals surface area contributed by atoms with Crippen LogP contribution in [0.1, 0.15) is 64.2 Å². The number of hydrogen-bond acceptors (Lipinski definition) is 4. The van der Waals surface area contributed by atoms with E-state index < -0.39 is 12.3 Å². The Morgan fingerprint density at radius 1 is 0.810 bits per heavy atom. The molecule has 5 heteroatoms. The quantitative estimate of drug-likeness (QED) is 0.838. The number of carbonyl (C=O) groups is 1. The van der Waals surface area contributed by atoms with E-state index in [4.69, 9.17) is 5.11 Å². The number of hydrogen-bond donors (Lipinski definition) is 2. The Kier molecular flexibility index (Phi) is 7.47. The fourth-order valence-corrected chi connectivity index (χ4v) is 3.37. The van der Waals surface area contributed by atoms with Crippen LogP contribution in [-0.2, 0) is 14.3 Å². The lowest BCUT2D eigenvalue weighted by atomic mass is 9.91. The number of nitrogens with one attached hydrogen (secondary N) is 1. The Bertz CT molecular complexity index is 277. The molecular formula is C16H29NO4. The van der Waals surface area contributed by atoms with Crippen LogP contribution in [0.3, 0.4) is 0 Å². The standard InChI is InChI=1S/C12H23N.C4H6O4/c1-3-7-11(8-4-1)13-12-9-5-2-6-10-12;5-3(6)4-7-1-2-8-4/h11-13H,1-10H2;4H,1-2H2,(H,5,6). The van der Waals surface area contributed by atoms with Crippen molar-refractivity contribution in [1.82, 2.24) is 5.32 Å². The molecule has 1 saturated heterocycles. The molecule has 2 saturated carbocycles. The zero-order valence-electron chi connectivity index (χ0n) is 12.9. The molecular weight excluding hydrogens is 270 g/mol. The van der Waals surface area contributed by atoms with E-state index in [0.717, 1.165) is 12.1 Å². The third kappa shape index (κ3) is 6.32. The summed E-state index contributed by atoms with van der Waals surface area (Å²) >= 11 is 0. The molecule has 0 spiro atoms. The highest BCUT2D eigenvalue weighted by Crippen LogP contribution is 2.22. The highest BCUT2D eigenvalue weighted by molar-refractivity contribution is 5.70. The number of rotatable bonds is 3. The summed E-state index contributed by atoms with van der Waals surface area (Å²) in [7, 11) is 0. The Morgan fingerprint density at radius 2 is 1.24 bits per heavy atom. The first-order valence-corrected chi connectivity index (χ1v) is 8.48. The predicted octanol–water partition coefficient (Wildman–Crippen LogP) is 2.69. The van der Waals surface area contributed by atoms with Crippen LogP contribution in [0.25, 0.3) is 0 Å². The fraction of sp³-hybridized carbons (Fsp3) is 0.938. The zero-order chi connectivity index (χ0) is 14.9. The summed E-state index contributed by atoms with van der Waals surface area (Å²) in [6.07, 6.45) is 13.5. The molecule has 3 fully saturated rings. The third-order valence-corrected chi connectivity index (χ3v) is 4.51. The fourth-order valence-electron chi connectivity index (χ4n) is 3.37. The minimum absolute atomic E-state index is 0.386. The maximum absolute atomic E-state index is 9.95. The molecule has 0 aromatic rings. The largest absolute Gasteiger partial charge is 0.477 e. The van der Waals surface area contributed by atoms with E-state index >= 15 is 0 Å². The van der Waals surface area contributed by atoms with Crippen LogP contribution in [0.15, 0.2) is 0 Å². The molecule has 1 aliphatic heterocycles. The van der Waals surface area contributed by atoms with Gasteiger partial charge in [0.25, 0.3) is 6.29 Å². The zero-order valence-corrected chi connectivity index (χ0v) is 12.9. The lowest BCUT2D eigenvalue weighted by Crippen LogP contribution is -2.40. The van der Waals surface area contributed by atoms with Gasteiger partial charge in [-0.25, -0.2) is 4.79 Å². The molecule has 2 aliphatic carbocycles. The summed E-state index contributed by atoms with van der Waals surface area (Å²) in [6.45, 7) is 0.772. The monoisotopic (exact) mass is 299 g/mol. The topological polar surface area (TPSA) is 67.8 Å². The van der Waals surface area contributed by atoms with Crippen LogP contribution in [0.5, 0.6) is 0 Å². The molecule has 122 valence electrons. The number of aliphatic carboxylic acids is 1. The van der Waals surface area contributed by atoms with E-state index in [0.29, 0.717) is 13.2 Å². The van der Waals surface area contributed by atoms with Crippen LogP contribution in [0.2, 0.25) is 0 Å². The second-order valence-corrected chi connectivity index (χ2v) is 6.25. The first kappa shape index (κ1) is 16.7. The smallest absolute Gasteiger partial charge is 0.361 e. The van der Waals surface area contributed by atoms with Crippen molar-refractivity contribution in [2.24, 2.45) is 0 Å². The summed E-state index contributed by atoms with van der Waals surface area (Å²) in [6, 6.07) is 1.74. The van der Waals surface area contributed by atoms with E-state index in [9.17, 15) is 4.79 Å². The predicted molar refractivity (Wildman–Crippen MR) is 80.2 cm³/mol. The van der Waals surface area contributed by atoms with Gasteiger partial charge in [0, 0.05) is 12.1 Å². The Morgan fingerprint density at radius 3 is 1.57 bits per heavy atom. The van der Waals surface area contributed by atoms with Crippen molar-refractivity contribution in [3.63, 3.8) is 0 Å². The molecule has 0 unspecified atom stereocenters. The van der Waals surface area contributed by atoms with Gasteiger partial charge in [-0.3, -0.25) is 0 Å². The van der Waals surface area contributed by atoms with Crippen molar-refractivity contribution >= 4 is 5.97 Å². The second kappa shape index (κ2) is 9.38. The van der Waals surface area contributed by atoms with Crippen molar-refractivity contribution in [1.29, 1.82) is 0 Å². The lowest BCUT2D eigenvalue weighted by molar-refractivity contribution is -0.165. The normalized spacial score (nSPS) is 25.3. The first-order valence-electron chi connectivity index (χ1n) is 8.48.